The Morgan fingerprint density at radius 3 is 2.52 bits per heavy atom. The molecule has 0 unspecified atom stereocenters. The molecule has 0 fully saturated rings. The third-order valence-corrected chi connectivity index (χ3v) is 6.40. The maximum absolute atomic E-state index is 12.6. The Morgan fingerprint density at radius 1 is 1.15 bits per heavy atom. The van der Waals surface area contributed by atoms with Crippen molar-refractivity contribution >= 4 is 48.3 Å². The summed E-state index contributed by atoms with van der Waals surface area (Å²) in [6, 6.07) is 10.3. The first-order valence-corrected chi connectivity index (χ1v) is 10.9. The number of nitrogens with one attached hydrogen (secondary N) is 2. The molecule has 2 aromatic carbocycles. The van der Waals surface area contributed by atoms with Gasteiger partial charge in [-0.3, -0.25) is 9.52 Å². The van der Waals surface area contributed by atoms with Gasteiger partial charge in [0.2, 0.25) is 5.91 Å². The van der Waals surface area contributed by atoms with Crippen LogP contribution in [0.2, 0.25) is 0 Å². The van der Waals surface area contributed by atoms with E-state index >= 15 is 0 Å². The van der Waals surface area contributed by atoms with Crippen LogP contribution in [0.15, 0.2) is 41.3 Å². The predicted octanol–water partition coefficient (Wildman–Crippen LogP) is 4.45. The summed E-state index contributed by atoms with van der Waals surface area (Å²) in [4.78, 5) is 16.4. The molecule has 3 rings (SSSR count). The number of aryl methyl sites for hydroxylation is 2. The van der Waals surface area contributed by atoms with Crippen LogP contribution in [0.5, 0.6) is 0 Å². The van der Waals surface area contributed by atoms with Crippen molar-refractivity contribution in [3.05, 3.63) is 47.5 Å². The monoisotopic (exact) mass is 403 g/mol. The fraction of sp³-hybridized carbons (Fsp3) is 0.263. The zero-order valence-corrected chi connectivity index (χ0v) is 17.0. The van der Waals surface area contributed by atoms with Crippen molar-refractivity contribution in [2.45, 2.75) is 38.5 Å². The highest BCUT2D eigenvalue weighted by atomic mass is 32.2. The topological polar surface area (TPSA) is 88.2 Å². The summed E-state index contributed by atoms with van der Waals surface area (Å²) >= 11 is 1.24. The number of aromatic nitrogens is 1. The maximum Gasteiger partial charge on any atom is 0.263 e. The van der Waals surface area contributed by atoms with Gasteiger partial charge in [0, 0.05) is 12.1 Å². The number of anilines is 2. The van der Waals surface area contributed by atoms with Crippen molar-refractivity contribution < 1.29 is 13.2 Å². The molecule has 0 saturated heterocycles. The molecule has 0 aliphatic heterocycles. The maximum atomic E-state index is 12.6. The Balaban J connectivity index is 1.89. The standard InChI is InChI=1S/C19H21N3O3S2/c1-4-5-17(23)20-14-10-13(3)18-16(11-14)26-19(21-18)22-27(24,25)15-8-6-12(2)7-9-15/h6-11H,4-5H2,1-3H3,(H,20,23)(H,21,22). The van der Waals surface area contributed by atoms with E-state index in [9.17, 15) is 13.2 Å². The molecule has 0 radical (unpaired) electrons. The highest BCUT2D eigenvalue weighted by Crippen LogP contribution is 2.32. The predicted molar refractivity (Wildman–Crippen MR) is 110 cm³/mol. The average molecular weight is 404 g/mol. The van der Waals surface area contributed by atoms with Gasteiger partial charge in [0.15, 0.2) is 5.13 Å². The number of sulfonamides is 1. The second-order valence-corrected chi connectivity index (χ2v) is 9.09. The average Bonchev–Trinajstić information content (AvgIpc) is 2.97. The number of carbonyl (C=O) groups is 1. The second-order valence-electron chi connectivity index (χ2n) is 6.38. The molecule has 0 aliphatic carbocycles. The minimum absolute atomic E-state index is 0.0407. The molecule has 1 heterocycles. The molecule has 0 aliphatic rings. The quantitative estimate of drug-likeness (QED) is 0.636. The van der Waals surface area contributed by atoms with Gasteiger partial charge in [0.1, 0.15) is 0 Å². The summed E-state index contributed by atoms with van der Waals surface area (Å²) < 4.78 is 28.5. The lowest BCUT2D eigenvalue weighted by Gasteiger charge is -2.05. The summed E-state index contributed by atoms with van der Waals surface area (Å²) in [6.07, 6.45) is 1.24. The van der Waals surface area contributed by atoms with Gasteiger partial charge in [0.25, 0.3) is 10.0 Å². The van der Waals surface area contributed by atoms with E-state index < -0.39 is 10.0 Å². The molecule has 3 aromatic rings. The van der Waals surface area contributed by atoms with Crippen molar-refractivity contribution in [2.24, 2.45) is 0 Å². The SMILES string of the molecule is CCCC(=O)Nc1cc(C)c2nc(NS(=O)(=O)c3ccc(C)cc3)sc2c1. The number of rotatable bonds is 6. The van der Waals surface area contributed by atoms with Gasteiger partial charge in [-0.25, -0.2) is 13.4 Å². The van der Waals surface area contributed by atoms with Gasteiger partial charge in [-0.15, -0.1) is 0 Å². The van der Waals surface area contributed by atoms with E-state index in [0.29, 0.717) is 17.2 Å². The first kappa shape index (κ1) is 19.3. The summed E-state index contributed by atoms with van der Waals surface area (Å²) in [7, 11) is -3.70. The summed E-state index contributed by atoms with van der Waals surface area (Å²) in [6.45, 7) is 5.73. The minimum atomic E-state index is -3.70. The van der Waals surface area contributed by atoms with E-state index in [1.165, 1.54) is 11.3 Å². The molecule has 1 amide bonds. The first-order chi connectivity index (χ1) is 12.8. The van der Waals surface area contributed by atoms with Gasteiger partial charge in [-0.05, 0) is 50.1 Å². The normalized spacial score (nSPS) is 11.5. The lowest BCUT2D eigenvalue weighted by molar-refractivity contribution is -0.116. The second kappa shape index (κ2) is 7.66. The highest BCUT2D eigenvalue weighted by Gasteiger charge is 2.17. The molecule has 27 heavy (non-hydrogen) atoms. The van der Waals surface area contributed by atoms with Gasteiger partial charge >= 0.3 is 0 Å². The highest BCUT2D eigenvalue weighted by molar-refractivity contribution is 7.93. The summed E-state index contributed by atoms with van der Waals surface area (Å²) in [5.74, 6) is -0.0407. The van der Waals surface area contributed by atoms with Gasteiger partial charge in [-0.2, -0.15) is 0 Å². The Kier molecular flexibility index (Phi) is 5.48. The van der Waals surface area contributed by atoms with Crippen LogP contribution in [0.3, 0.4) is 0 Å². The van der Waals surface area contributed by atoms with Crippen LogP contribution in [-0.2, 0) is 14.8 Å². The van der Waals surface area contributed by atoms with Gasteiger partial charge in [0.05, 0.1) is 15.1 Å². The number of hydrogen-bond acceptors (Lipinski definition) is 5. The Bertz CT molecular complexity index is 1090. The van der Waals surface area contributed by atoms with E-state index in [4.69, 9.17) is 0 Å². The summed E-state index contributed by atoms with van der Waals surface area (Å²) in [5, 5.41) is 3.16. The lowest BCUT2D eigenvalue weighted by atomic mass is 10.2. The van der Waals surface area contributed by atoms with E-state index in [2.05, 4.69) is 15.0 Å². The van der Waals surface area contributed by atoms with Crippen molar-refractivity contribution in [3.8, 4) is 0 Å². The van der Waals surface area contributed by atoms with Crippen LogP contribution in [-0.4, -0.2) is 19.3 Å². The molecule has 8 heteroatoms. The number of thiazole rings is 1. The number of benzene rings is 2. The number of hydrogen-bond donors (Lipinski definition) is 2. The van der Waals surface area contributed by atoms with E-state index in [1.807, 2.05) is 32.9 Å². The molecule has 0 saturated carbocycles. The fourth-order valence-electron chi connectivity index (χ4n) is 2.65. The first-order valence-electron chi connectivity index (χ1n) is 8.59. The molecule has 0 spiro atoms. The van der Waals surface area contributed by atoms with Crippen molar-refractivity contribution in [1.29, 1.82) is 0 Å². The van der Waals surface area contributed by atoms with Crippen LogP contribution in [0.1, 0.15) is 30.9 Å². The smallest absolute Gasteiger partial charge is 0.263 e. The number of amides is 1. The van der Waals surface area contributed by atoms with Crippen LogP contribution in [0.25, 0.3) is 10.2 Å². The molecular weight excluding hydrogens is 382 g/mol. The summed E-state index contributed by atoms with van der Waals surface area (Å²) in [5.41, 5.74) is 3.27. The molecule has 0 bridgehead atoms. The number of fused-ring (bicyclic) bond motifs is 1. The zero-order chi connectivity index (χ0) is 19.6. The number of nitrogens with zero attached hydrogens (tertiary/aromatic N) is 1. The minimum Gasteiger partial charge on any atom is -0.326 e. The molecule has 0 atom stereocenters. The largest absolute Gasteiger partial charge is 0.326 e. The molecule has 142 valence electrons. The Hall–Kier alpha value is -2.45. The van der Waals surface area contributed by atoms with Crippen LogP contribution >= 0.6 is 11.3 Å². The third kappa shape index (κ3) is 4.45. The molecule has 6 nitrogen and oxygen atoms in total. The van der Waals surface area contributed by atoms with Gasteiger partial charge in [-0.1, -0.05) is 36.0 Å². The van der Waals surface area contributed by atoms with Crippen LogP contribution in [0.4, 0.5) is 10.8 Å². The van der Waals surface area contributed by atoms with Crippen LogP contribution in [0, 0.1) is 13.8 Å². The van der Waals surface area contributed by atoms with Gasteiger partial charge < -0.3 is 5.32 Å². The van der Waals surface area contributed by atoms with E-state index in [0.717, 1.165) is 27.8 Å². The molecular formula is C19H21N3O3S2. The Morgan fingerprint density at radius 2 is 1.85 bits per heavy atom. The van der Waals surface area contributed by atoms with Crippen molar-refractivity contribution in [1.82, 2.24) is 4.98 Å². The van der Waals surface area contributed by atoms with E-state index in [1.54, 1.807) is 24.3 Å². The third-order valence-electron chi connectivity index (χ3n) is 4.00. The van der Waals surface area contributed by atoms with Crippen molar-refractivity contribution in [2.75, 3.05) is 10.0 Å². The van der Waals surface area contributed by atoms with E-state index in [-0.39, 0.29) is 10.8 Å². The van der Waals surface area contributed by atoms with Crippen LogP contribution < -0.4 is 10.0 Å². The Labute approximate surface area is 162 Å². The molecule has 1 aromatic heterocycles. The lowest BCUT2D eigenvalue weighted by Crippen LogP contribution is -2.12. The zero-order valence-electron chi connectivity index (χ0n) is 15.4. The van der Waals surface area contributed by atoms with Crippen molar-refractivity contribution in [3.63, 3.8) is 0 Å². The molecule has 2 N–H and O–H groups in total. The number of carbonyl (C=O) groups excluding carboxylic acids is 1. The fourth-order valence-corrected chi connectivity index (χ4v) is 4.87.